The third-order valence-corrected chi connectivity index (χ3v) is 7.32. The number of nitriles is 1. The number of benzene rings is 2. The van der Waals surface area contributed by atoms with Crippen molar-refractivity contribution in [3.05, 3.63) is 76.6 Å². The van der Waals surface area contributed by atoms with E-state index < -0.39 is 0 Å². The summed E-state index contributed by atoms with van der Waals surface area (Å²) in [5.41, 5.74) is 4.26. The van der Waals surface area contributed by atoms with E-state index in [-0.39, 0.29) is 23.2 Å². The van der Waals surface area contributed by atoms with Gasteiger partial charge < -0.3 is 5.32 Å². The Morgan fingerprint density at radius 1 is 1.18 bits per heavy atom. The van der Waals surface area contributed by atoms with E-state index in [2.05, 4.69) is 42.3 Å². The Hall–Kier alpha value is -2.97. The first kappa shape index (κ1) is 24.2. The van der Waals surface area contributed by atoms with Crippen LogP contribution < -0.4 is 5.32 Å². The average Bonchev–Trinajstić information content (AvgIpc) is 2.83. The lowest BCUT2D eigenvalue weighted by atomic mass is 9.77. The molecule has 1 saturated carbocycles. The highest BCUT2D eigenvalue weighted by molar-refractivity contribution is 5.91. The van der Waals surface area contributed by atoms with Gasteiger partial charge in [-0.3, -0.25) is 9.69 Å². The molecule has 2 aromatic rings. The van der Waals surface area contributed by atoms with Gasteiger partial charge in [0.1, 0.15) is 5.82 Å². The van der Waals surface area contributed by atoms with Crippen molar-refractivity contribution >= 4 is 12.0 Å². The molecular weight excluding hydrogens is 425 g/mol. The molecule has 1 N–H and O–H groups in total. The number of fused-ring (bicyclic) bond motifs is 1. The summed E-state index contributed by atoms with van der Waals surface area (Å²) in [5, 5.41) is 12.4. The normalized spacial score (nSPS) is 22.2. The predicted octanol–water partition coefficient (Wildman–Crippen LogP) is 5.57. The molecule has 1 fully saturated rings. The minimum absolute atomic E-state index is 0.0455. The van der Waals surface area contributed by atoms with E-state index in [1.807, 2.05) is 6.07 Å². The van der Waals surface area contributed by atoms with Crippen LogP contribution in [0.5, 0.6) is 0 Å². The summed E-state index contributed by atoms with van der Waals surface area (Å²) in [6, 6.07) is 14.7. The Morgan fingerprint density at radius 3 is 2.62 bits per heavy atom. The van der Waals surface area contributed by atoms with E-state index in [1.165, 1.54) is 35.8 Å². The lowest BCUT2D eigenvalue weighted by Crippen LogP contribution is -2.43. The molecule has 34 heavy (non-hydrogen) atoms. The molecule has 5 heteroatoms. The first-order valence-corrected chi connectivity index (χ1v) is 12.3. The van der Waals surface area contributed by atoms with E-state index in [0.717, 1.165) is 56.4 Å². The van der Waals surface area contributed by atoms with Crippen molar-refractivity contribution in [2.75, 3.05) is 13.1 Å². The van der Waals surface area contributed by atoms with Gasteiger partial charge in [-0.25, -0.2) is 4.39 Å². The van der Waals surface area contributed by atoms with Gasteiger partial charge in [0.15, 0.2) is 0 Å². The molecule has 0 saturated heterocycles. The third kappa shape index (κ3) is 6.12. The smallest absolute Gasteiger partial charge is 0.244 e. The van der Waals surface area contributed by atoms with E-state index >= 15 is 0 Å². The summed E-state index contributed by atoms with van der Waals surface area (Å²) in [4.78, 5) is 14.8. The second-order valence-corrected chi connectivity index (χ2v) is 10.5. The van der Waals surface area contributed by atoms with Crippen molar-refractivity contribution in [2.24, 2.45) is 5.92 Å². The number of halogens is 1. The summed E-state index contributed by atoms with van der Waals surface area (Å²) in [7, 11) is 0. The number of amides is 1. The molecule has 0 spiro atoms. The van der Waals surface area contributed by atoms with Gasteiger partial charge in [-0.05, 0) is 91.6 Å². The highest BCUT2D eigenvalue weighted by atomic mass is 19.1. The Balaban J connectivity index is 1.21. The first-order chi connectivity index (χ1) is 16.3. The van der Waals surface area contributed by atoms with Gasteiger partial charge in [-0.1, -0.05) is 32.0 Å². The molecule has 2 aromatic carbocycles. The zero-order valence-corrected chi connectivity index (χ0v) is 20.2. The molecule has 0 aromatic heterocycles. The van der Waals surface area contributed by atoms with Crippen molar-refractivity contribution in [3.8, 4) is 6.07 Å². The van der Waals surface area contributed by atoms with Crippen LogP contribution in [0.4, 0.5) is 4.39 Å². The van der Waals surface area contributed by atoms with Gasteiger partial charge in [-0.2, -0.15) is 5.26 Å². The van der Waals surface area contributed by atoms with Crippen LogP contribution >= 0.6 is 0 Å². The van der Waals surface area contributed by atoms with Gasteiger partial charge in [0.05, 0.1) is 11.6 Å². The second-order valence-electron chi connectivity index (χ2n) is 10.5. The molecule has 0 atom stereocenters. The zero-order chi connectivity index (χ0) is 24.1. The van der Waals surface area contributed by atoms with Crippen LogP contribution in [0.2, 0.25) is 0 Å². The quantitative estimate of drug-likeness (QED) is 0.575. The van der Waals surface area contributed by atoms with E-state index in [1.54, 1.807) is 18.2 Å². The summed E-state index contributed by atoms with van der Waals surface area (Å²) in [6.07, 6.45) is 8.78. The number of nitrogens with one attached hydrogen (secondary N) is 1. The highest BCUT2D eigenvalue weighted by Crippen LogP contribution is 2.35. The molecule has 0 bridgehead atoms. The molecule has 4 rings (SSSR count). The predicted molar refractivity (Wildman–Crippen MR) is 133 cm³/mol. The number of hydrogen-bond acceptors (Lipinski definition) is 3. The van der Waals surface area contributed by atoms with Gasteiger partial charge in [0.25, 0.3) is 0 Å². The zero-order valence-electron chi connectivity index (χ0n) is 20.2. The number of carbonyl (C=O) groups is 1. The molecule has 4 nitrogen and oxygen atoms in total. The Morgan fingerprint density at radius 2 is 1.91 bits per heavy atom. The van der Waals surface area contributed by atoms with Crippen LogP contribution in [-0.2, 0) is 16.8 Å². The van der Waals surface area contributed by atoms with Crippen molar-refractivity contribution < 1.29 is 9.18 Å². The fraction of sp³-hybridized carbons (Fsp3) is 0.448. The fourth-order valence-electron chi connectivity index (χ4n) is 5.47. The highest BCUT2D eigenvalue weighted by Gasteiger charge is 2.32. The maximum Gasteiger partial charge on any atom is 0.244 e. The molecular formula is C29H34FN3O. The minimum Gasteiger partial charge on any atom is -0.350 e. The molecule has 0 radical (unpaired) electrons. The van der Waals surface area contributed by atoms with Crippen molar-refractivity contribution in [1.29, 1.82) is 5.26 Å². The summed E-state index contributed by atoms with van der Waals surface area (Å²) in [6.45, 7) is 7.61. The lowest BCUT2D eigenvalue weighted by Gasteiger charge is -2.41. The third-order valence-electron chi connectivity index (χ3n) is 7.32. The van der Waals surface area contributed by atoms with Crippen LogP contribution in [0, 0.1) is 23.1 Å². The van der Waals surface area contributed by atoms with Crippen molar-refractivity contribution in [3.63, 3.8) is 0 Å². The fourth-order valence-corrected chi connectivity index (χ4v) is 5.47. The molecule has 1 aliphatic heterocycles. The van der Waals surface area contributed by atoms with Crippen LogP contribution in [0.25, 0.3) is 6.08 Å². The first-order valence-electron chi connectivity index (χ1n) is 12.3. The molecule has 178 valence electrons. The van der Waals surface area contributed by atoms with Crippen LogP contribution in [-0.4, -0.2) is 29.9 Å². The summed E-state index contributed by atoms with van der Waals surface area (Å²) < 4.78 is 13.0. The number of carbonyl (C=O) groups excluding carboxylic acids is 1. The maximum absolute atomic E-state index is 13.0. The summed E-state index contributed by atoms with van der Waals surface area (Å²) >= 11 is 0. The topological polar surface area (TPSA) is 56.1 Å². The van der Waals surface area contributed by atoms with Gasteiger partial charge in [0, 0.05) is 30.6 Å². The van der Waals surface area contributed by atoms with Crippen LogP contribution in [0.3, 0.4) is 0 Å². The van der Waals surface area contributed by atoms with Crippen molar-refractivity contribution in [1.82, 2.24) is 10.2 Å². The van der Waals surface area contributed by atoms with Gasteiger partial charge in [-0.15, -0.1) is 0 Å². The summed E-state index contributed by atoms with van der Waals surface area (Å²) in [5.74, 6) is 0.344. The molecule has 0 unspecified atom stereocenters. The van der Waals surface area contributed by atoms with E-state index in [0.29, 0.717) is 5.92 Å². The maximum atomic E-state index is 13.0. The Kier molecular flexibility index (Phi) is 7.48. The SMILES string of the molecule is CC1(C)CN(CCC2CCC(NC(=O)/C=C/c3ccc(F)cc3)CC2)Cc2ccc(C#N)cc21. The molecule has 1 aliphatic carbocycles. The van der Waals surface area contributed by atoms with Crippen LogP contribution in [0.1, 0.15) is 68.2 Å². The minimum atomic E-state index is -0.277. The average molecular weight is 460 g/mol. The Labute approximate surface area is 202 Å². The number of rotatable bonds is 6. The van der Waals surface area contributed by atoms with Crippen LogP contribution in [0.15, 0.2) is 48.5 Å². The van der Waals surface area contributed by atoms with E-state index in [4.69, 9.17) is 0 Å². The lowest BCUT2D eigenvalue weighted by molar-refractivity contribution is -0.117. The van der Waals surface area contributed by atoms with Gasteiger partial charge >= 0.3 is 0 Å². The van der Waals surface area contributed by atoms with Crippen molar-refractivity contribution in [2.45, 2.75) is 64.0 Å². The van der Waals surface area contributed by atoms with Gasteiger partial charge in [0.2, 0.25) is 5.91 Å². The monoisotopic (exact) mass is 459 g/mol. The Bertz CT molecular complexity index is 1080. The standard InChI is InChI=1S/C29H34FN3O/c1-29(2)20-33(19-24-9-3-23(18-31)17-27(24)29)16-15-22-6-12-26(13-7-22)32-28(34)14-8-21-4-10-25(30)11-5-21/h3-5,8-11,14,17,22,26H,6-7,12-13,15-16,19-20H2,1-2H3,(H,32,34)/b14-8+. The molecule has 1 amide bonds. The largest absolute Gasteiger partial charge is 0.350 e. The number of nitrogens with zero attached hydrogens (tertiary/aromatic N) is 2. The molecule has 2 aliphatic rings. The molecule has 1 heterocycles. The number of hydrogen-bond donors (Lipinski definition) is 1. The second kappa shape index (κ2) is 10.5. The van der Waals surface area contributed by atoms with E-state index in [9.17, 15) is 14.4 Å².